The van der Waals surface area contributed by atoms with Crippen LogP contribution in [0.1, 0.15) is 69.2 Å². The van der Waals surface area contributed by atoms with Crippen LogP contribution < -0.4 is 9.81 Å². The van der Waals surface area contributed by atoms with E-state index < -0.39 is 18.3 Å². The molecule has 0 aromatic heterocycles. The van der Waals surface area contributed by atoms with Crippen molar-refractivity contribution in [2.24, 2.45) is 11.3 Å². The number of allylic oxidation sites excluding steroid dienone is 4. The van der Waals surface area contributed by atoms with E-state index in [1.807, 2.05) is 0 Å². The number of benzene rings is 6. The first kappa shape index (κ1) is 41.8. The molecule has 3 heteroatoms. The Morgan fingerprint density at radius 3 is 1.71 bits per heavy atom. The van der Waals surface area contributed by atoms with E-state index in [9.17, 15) is 0 Å². The summed E-state index contributed by atoms with van der Waals surface area (Å²) in [5, 5.41) is 0. The van der Waals surface area contributed by atoms with Gasteiger partial charge >= 0.3 is 327 Å². The van der Waals surface area contributed by atoms with Crippen molar-refractivity contribution in [2.45, 2.75) is 67.2 Å². The second-order valence-electron chi connectivity index (χ2n) is 17.2. The molecule has 0 bridgehead atoms. The van der Waals surface area contributed by atoms with E-state index in [0.29, 0.717) is 5.92 Å². The molecule has 8 rings (SSSR count). The van der Waals surface area contributed by atoms with Gasteiger partial charge in [-0.15, -0.1) is 24.8 Å². The van der Waals surface area contributed by atoms with E-state index in [1.54, 1.807) is 3.28 Å². The standard InChI is InChI=1S/C25H17.C13H21.2C7H7.CH2.2ClH.Zr/c1-3-7-18(8-4-1)20-11-13-24-22(15-20)17-23-16-21(12-14-25(23)24)19-9-5-2-6-10-19;1-5-6-7-11-8-9-12(10-11)13(2,3)4;2*1-7-5-3-2-4-6-7;;;;/h1-15H,17H2;9-11H,5-7H2,1-4H3;2*3-6H,1H3;1H2;2*1H;. The molecule has 2 aliphatic rings. The Kier molecular flexibility index (Phi) is 12.1. The van der Waals surface area contributed by atoms with Crippen LogP contribution in [-0.4, -0.2) is 4.21 Å². The molecule has 0 N–H and O–H groups in total. The second-order valence-corrected chi connectivity index (χ2v) is 29.9. The third-order valence-electron chi connectivity index (χ3n) is 12.7. The van der Waals surface area contributed by atoms with Crippen LogP contribution in [0, 0.1) is 25.2 Å². The van der Waals surface area contributed by atoms with Gasteiger partial charge in [0.2, 0.25) is 0 Å². The number of fused-ring (bicyclic) bond motifs is 3. The summed E-state index contributed by atoms with van der Waals surface area (Å²) in [7, 11) is 0. The van der Waals surface area contributed by atoms with Crippen LogP contribution in [0.4, 0.5) is 0 Å². The second kappa shape index (κ2) is 16.2. The molecular weight excluding hydrogens is 799 g/mol. The molecule has 0 fully saturated rings. The molecule has 0 spiro atoms. The Hall–Kier alpha value is -3.87. The molecule has 0 nitrogen and oxygen atoms in total. The fourth-order valence-corrected chi connectivity index (χ4v) is 26.6. The van der Waals surface area contributed by atoms with Gasteiger partial charge in [0, 0.05) is 0 Å². The zero-order valence-corrected chi connectivity index (χ0v) is 38.0. The van der Waals surface area contributed by atoms with Crippen LogP contribution in [0.2, 0.25) is 0 Å². The molecule has 1 unspecified atom stereocenters. The summed E-state index contributed by atoms with van der Waals surface area (Å²) in [4.78, 5) is 0. The molecule has 0 amide bonds. The zero-order chi connectivity index (χ0) is 37.7. The maximum absolute atomic E-state index is 6.03. The predicted octanol–water partition coefficient (Wildman–Crippen LogP) is 13.1. The van der Waals surface area contributed by atoms with E-state index in [0.717, 1.165) is 12.8 Å². The Morgan fingerprint density at radius 2 is 1.16 bits per heavy atom. The van der Waals surface area contributed by atoms with Gasteiger partial charge in [0.15, 0.2) is 0 Å². The summed E-state index contributed by atoms with van der Waals surface area (Å²) in [6.07, 6.45) is 9.71. The van der Waals surface area contributed by atoms with Crippen molar-refractivity contribution in [3.63, 3.8) is 0 Å². The van der Waals surface area contributed by atoms with Crippen LogP contribution in [0.25, 0.3) is 33.4 Å². The Morgan fingerprint density at radius 1 is 0.625 bits per heavy atom. The quantitative estimate of drug-likeness (QED) is 0.136. The average Bonchev–Trinajstić information content (AvgIpc) is 3.80. The summed E-state index contributed by atoms with van der Waals surface area (Å²) in [6.45, 7) is 13.9. The zero-order valence-electron chi connectivity index (χ0n) is 33.9. The fourth-order valence-electron chi connectivity index (χ4n) is 9.68. The minimum absolute atomic E-state index is 0. The van der Waals surface area contributed by atoms with E-state index in [2.05, 4.69) is 193 Å². The average molecular weight is 855 g/mol. The van der Waals surface area contributed by atoms with E-state index in [4.69, 9.17) is 4.21 Å². The molecule has 1 atom stereocenters. The van der Waals surface area contributed by atoms with Gasteiger partial charge < -0.3 is 0 Å². The van der Waals surface area contributed by atoms with Crippen molar-refractivity contribution < 1.29 is 18.3 Å². The topological polar surface area (TPSA) is 0 Å². The molecule has 0 saturated heterocycles. The van der Waals surface area contributed by atoms with Crippen molar-refractivity contribution in [2.75, 3.05) is 0 Å². The number of unbranched alkanes of at least 4 members (excludes halogenated alkanes) is 1. The molecule has 286 valence electrons. The molecule has 0 saturated carbocycles. The third-order valence-corrected chi connectivity index (χ3v) is 29.1. The molecule has 56 heavy (non-hydrogen) atoms. The first-order valence-corrected chi connectivity index (χ1v) is 26.7. The number of hydrogen-bond donors (Lipinski definition) is 0. The van der Waals surface area contributed by atoms with Crippen molar-refractivity contribution in [3.8, 4) is 33.4 Å². The van der Waals surface area contributed by atoms with Crippen LogP contribution >= 0.6 is 24.8 Å². The Balaban J connectivity index is 0.00000266. The van der Waals surface area contributed by atoms with Gasteiger partial charge in [0.25, 0.3) is 0 Å². The van der Waals surface area contributed by atoms with Crippen LogP contribution in [0.15, 0.2) is 161 Å². The Labute approximate surface area is 349 Å². The summed E-state index contributed by atoms with van der Waals surface area (Å²) in [5.74, 6) is 0.317. The minimum atomic E-state index is -5.23. The number of rotatable bonds is 9. The van der Waals surface area contributed by atoms with E-state index in [-0.39, 0.29) is 30.2 Å². The molecule has 0 radical (unpaired) electrons. The van der Waals surface area contributed by atoms with E-state index in [1.165, 1.54) is 83.9 Å². The summed E-state index contributed by atoms with van der Waals surface area (Å²) in [6, 6.07) is 53.4. The van der Waals surface area contributed by atoms with Gasteiger partial charge in [-0.3, -0.25) is 0 Å². The van der Waals surface area contributed by atoms with Crippen LogP contribution in [0.5, 0.6) is 0 Å². The van der Waals surface area contributed by atoms with Gasteiger partial charge in [-0.2, -0.15) is 0 Å². The molecule has 6 aromatic rings. The maximum atomic E-state index is 6.03. The molecule has 0 aliphatic heterocycles. The summed E-state index contributed by atoms with van der Waals surface area (Å²) < 4.78 is 12.0. The van der Waals surface area contributed by atoms with Crippen LogP contribution in [0.3, 0.4) is 0 Å². The number of aryl methyl sites for hydroxylation is 2. The van der Waals surface area contributed by atoms with Crippen molar-refractivity contribution in [1.29, 1.82) is 0 Å². The van der Waals surface area contributed by atoms with E-state index >= 15 is 0 Å². The first-order chi connectivity index (χ1) is 26.0. The van der Waals surface area contributed by atoms with Crippen molar-refractivity contribution in [3.05, 3.63) is 183 Å². The van der Waals surface area contributed by atoms with Crippen molar-refractivity contribution >= 4 is 38.8 Å². The van der Waals surface area contributed by atoms with Gasteiger partial charge in [-0.05, 0) is 0 Å². The van der Waals surface area contributed by atoms with Gasteiger partial charge in [0.1, 0.15) is 0 Å². The summed E-state index contributed by atoms with van der Waals surface area (Å²) >= 11 is -5.23. The molecule has 2 aliphatic carbocycles. The normalized spacial score (nSPS) is 14.9. The third kappa shape index (κ3) is 6.93. The molecular formula is C53H56Cl2Zr. The SMILES string of the molecule is Cl.Cl.[CH2]=[Zr]([C]1=CC(C(C)(C)C)=CC1CCCC)([c]1ccc(C)cc1)([c]1ccc(C)cc1)[c]1c(-c2ccccc2)ccc2c1Cc1cc(-c3ccccc3)ccc1-2. The fraction of sp³-hybridized carbons (Fsp3) is 0.226. The van der Waals surface area contributed by atoms with Gasteiger partial charge in [0.05, 0.1) is 0 Å². The van der Waals surface area contributed by atoms with Crippen molar-refractivity contribution in [1.82, 2.24) is 0 Å². The first-order valence-electron chi connectivity index (χ1n) is 20.0. The molecule has 0 heterocycles. The van der Waals surface area contributed by atoms with Gasteiger partial charge in [-0.25, -0.2) is 0 Å². The van der Waals surface area contributed by atoms with Crippen LogP contribution in [-0.2, 0) is 24.7 Å². The molecule has 6 aromatic carbocycles. The Bertz CT molecular complexity index is 2430. The monoisotopic (exact) mass is 852 g/mol. The number of halogens is 2. The van der Waals surface area contributed by atoms with Gasteiger partial charge in [-0.1, -0.05) is 0 Å². The number of hydrogen-bond acceptors (Lipinski definition) is 0. The summed E-state index contributed by atoms with van der Waals surface area (Å²) in [5.41, 5.74) is 14.8. The predicted molar refractivity (Wildman–Crippen MR) is 247 cm³/mol.